The van der Waals surface area contributed by atoms with Crippen molar-refractivity contribution in [2.45, 2.75) is 45.3 Å². The molecule has 1 aliphatic heterocycles. The quantitative estimate of drug-likeness (QED) is 0.740. The van der Waals surface area contributed by atoms with Crippen LogP contribution in [0.3, 0.4) is 0 Å². The zero-order valence-corrected chi connectivity index (χ0v) is 16.5. The van der Waals surface area contributed by atoms with E-state index in [1.54, 1.807) is 4.90 Å². The average molecular weight is 380 g/mol. The topological polar surface area (TPSA) is 69.6 Å². The van der Waals surface area contributed by atoms with Crippen LogP contribution >= 0.6 is 0 Å². The Balaban J connectivity index is 1.76. The van der Waals surface area contributed by atoms with E-state index in [0.717, 1.165) is 17.5 Å². The molecule has 0 aliphatic carbocycles. The Morgan fingerprint density at radius 1 is 1.14 bits per heavy atom. The van der Waals surface area contributed by atoms with Gasteiger partial charge in [-0.25, -0.2) is 0 Å². The van der Waals surface area contributed by atoms with E-state index in [1.165, 1.54) is 0 Å². The number of nitrogens with zero attached hydrogens (tertiary/aromatic N) is 1. The van der Waals surface area contributed by atoms with Crippen molar-refractivity contribution in [2.24, 2.45) is 5.92 Å². The van der Waals surface area contributed by atoms with Gasteiger partial charge >= 0.3 is 0 Å². The molecule has 0 radical (unpaired) electrons. The van der Waals surface area contributed by atoms with Gasteiger partial charge in [0.1, 0.15) is 6.04 Å². The molecule has 2 amide bonds. The summed E-state index contributed by atoms with van der Waals surface area (Å²) in [5.41, 5.74) is 2.68. The summed E-state index contributed by atoms with van der Waals surface area (Å²) < 4.78 is 0. The minimum atomic E-state index is -0.560. The molecular weight excluding hydrogens is 352 g/mol. The molecule has 0 unspecified atom stereocenters. The van der Waals surface area contributed by atoms with E-state index in [9.17, 15) is 14.7 Å². The summed E-state index contributed by atoms with van der Waals surface area (Å²) in [5, 5.41) is 12.7. The predicted octanol–water partition coefficient (Wildman–Crippen LogP) is 2.78. The van der Waals surface area contributed by atoms with Crippen molar-refractivity contribution < 1.29 is 14.7 Å². The van der Waals surface area contributed by atoms with Gasteiger partial charge in [-0.15, -0.1) is 0 Å². The van der Waals surface area contributed by atoms with Gasteiger partial charge < -0.3 is 15.3 Å². The highest BCUT2D eigenvalue weighted by atomic mass is 16.3. The number of fused-ring (bicyclic) bond motifs is 1. The number of carbonyl (C=O) groups excluding carboxylic acids is 2. The van der Waals surface area contributed by atoms with Crippen molar-refractivity contribution in [1.29, 1.82) is 0 Å². The van der Waals surface area contributed by atoms with Crippen LogP contribution < -0.4 is 5.32 Å². The third kappa shape index (κ3) is 4.25. The van der Waals surface area contributed by atoms with E-state index in [0.29, 0.717) is 18.5 Å². The second-order valence-corrected chi connectivity index (χ2v) is 7.50. The van der Waals surface area contributed by atoms with E-state index >= 15 is 0 Å². The smallest absolute Gasteiger partial charge is 0.255 e. The third-order valence-electron chi connectivity index (χ3n) is 5.53. The fraction of sp³-hybridized carbons (Fsp3) is 0.391. The van der Waals surface area contributed by atoms with Crippen molar-refractivity contribution in [3.05, 3.63) is 71.3 Å². The molecule has 28 heavy (non-hydrogen) atoms. The first-order valence-electron chi connectivity index (χ1n) is 9.89. The lowest BCUT2D eigenvalue weighted by Gasteiger charge is -2.32. The van der Waals surface area contributed by atoms with Gasteiger partial charge in [0.05, 0.1) is 12.6 Å². The second-order valence-electron chi connectivity index (χ2n) is 7.50. The van der Waals surface area contributed by atoms with Gasteiger partial charge in [0.25, 0.3) is 5.91 Å². The lowest BCUT2D eigenvalue weighted by molar-refractivity contribution is -0.128. The fourth-order valence-electron chi connectivity index (χ4n) is 3.78. The largest absolute Gasteiger partial charge is 0.394 e. The average Bonchev–Trinajstić information content (AvgIpc) is 3.04. The van der Waals surface area contributed by atoms with Gasteiger partial charge in [-0.1, -0.05) is 68.8 Å². The number of nitrogens with one attached hydrogen (secondary N) is 1. The van der Waals surface area contributed by atoms with Gasteiger partial charge in [-0.3, -0.25) is 9.59 Å². The Labute approximate surface area is 166 Å². The highest BCUT2D eigenvalue weighted by Gasteiger charge is 2.39. The summed E-state index contributed by atoms with van der Waals surface area (Å²) in [4.78, 5) is 27.7. The standard InChI is InChI=1S/C23H28N2O3/c1-3-16(2)21(25-14-18-11-7-8-12-20(18)23(25)28)22(27)24-19(15-26)13-17-9-5-4-6-10-17/h4-12,16,19,21,26H,3,13-15H2,1-2H3,(H,24,27)/t16-,19+,21-/m0/s1. The lowest BCUT2D eigenvalue weighted by atomic mass is 9.96. The number of aliphatic hydroxyl groups is 1. The summed E-state index contributed by atoms with van der Waals surface area (Å²) in [7, 11) is 0. The van der Waals surface area contributed by atoms with Gasteiger partial charge in [0, 0.05) is 12.1 Å². The fourth-order valence-corrected chi connectivity index (χ4v) is 3.78. The van der Waals surface area contributed by atoms with E-state index in [2.05, 4.69) is 5.32 Å². The Morgan fingerprint density at radius 2 is 1.82 bits per heavy atom. The second kappa shape index (κ2) is 9.02. The Bertz CT molecular complexity index is 822. The van der Waals surface area contributed by atoms with E-state index in [-0.39, 0.29) is 30.4 Å². The first kappa shape index (κ1) is 20.1. The van der Waals surface area contributed by atoms with Crippen LogP contribution in [0.5, 0.6) is 0 Å². The van der Waals surface area contributed by atoms with Crippen LogP contribution in [0.15, 0.2) is 54.6 Å². The van der Waals surface area contributed by atoms with Crippen LogP contribution in [0.4, 0.5) is 0 Å². The van der Waals surface area contributed by atoms with Crippen LogP contribution in [0, 0.1) is 5.92 Å². The molecule has 3 atom stereocenters. The molecule has 5 heteroatoms. The first-order valence-corrected chi connectivity index (χ1v) is 9.89. The molecule has 2 aromatic rings. The number of carbonyl (C=O) groups is 2. The van der Waals surface area contributed by atoms with Crippen LogP contribution in [-0.2, 0) is 17.8 Å². The summed E-state index contributed by atoms with van der Waals surface area (Å²) in [6, 6.07) is 16.3. The summed E-state index contributed by atoms with van der Waals surface area (Å²) in [6.45, 7) is 4.31. The van der Waals surface area contributed by atoms with E-state index in [1.807, 2.05) is 68.4 Å². The molecule has 1 aliphatic rings. The van der Waals surface area contributed by atoms with Crippen LogP contribution in [-0.4, -0.2) is 40.5 Å². The van der Waals surface area contributed by atoms with Crippen LogP contribution in [0.2, 0.25) is 0 Å². The minimum absolute atomic E-state index is 0.00864. The van der Waals surface area contributed by atoms with Gasteiger partial charge in [-0.2, -0.15) is 0 Å². The lowest BCUT2D eigenvalue weighted by Crippen LogP contribution is -2.53. The maximum Gasteiger partial charge on any atom is 0.255 e. The zero-order valence-electron chi connectivity index (χ0n) is 16.5. The van der Waals surface area contributed by atoms with Gasteiger partial charge in [0.15, 0.2) is 0 Å². The van der Waals surface area contributed by atoms with Crippen molar-refractivity contribution in [2.75, 3.05) is 6.61 Å². The molecule has 0 spiro atoms. The maximum atomic E-state index is 13.2. The number of hydrogen-bond donors (Lipinski definition) is 2. The molecule has 0 saturated carbocycles. The molecule has 0 fully saturated rings. The molecule has 1 heterocycles. The SMILES string of the molecule is CC[C@H](C)[C@@H](C(=O)N[C@@H](CO)Cc1ccccc1)N1Cc2ccccc2C1=O. The monoisotopic (exact) mass is 380 g/mol. The summed E-state index contributed by atoms with van der Waals surface area (Å²) >= 11 is 0. The van der Waals surface area contributed by atoms with Gasteiger partial charge in [-0.05, 0) is 29.5 Å². The first-order chi connectivity index (χ1) is 13.5. The van der Waals surface area contributed by atoms with Crippen LogP contribution in [0.25, 0.3) is 0 Å². The van der Waals surface area contributed by atoms with Gasteiger partial charge in [0.2, 0.25) is 5.91 Å². The van der Waals surface area contributed by atoms with E-state index < -0.39 is 6.04 Å². The number of amides is 2. The molecule has 0 aromatic heterocycles. The molecule has 2 N–H and O–H groups in total. The normalized spacial score (nSPS) is 16.4. The molecule has 5 nitrogen and oxygen atoms in total. The number of hydrogen-bond acceptors (Lipinski definition) is 3. The number of aliphatic hydroxyl groups excluding tert-OH is 1. The minimum Gasteiger partial charge on any atom is -0.394 e. The number of rotatable bonds is 8. The maximum absolute atomic E-state index is 13.2. The van der Waals surface area contributed by atoms with Crippen molar-refractivity contribution in [3.63, 3.8) is 0 Å². The third-order valence-corrected chi connectivity index (χ3v) is 5.53. The molecule has 0 bridgehead atoms. The van der Waals surface area contributed by atoms with Crippen molar-refractivity contribution in [3.8, 4) is 0 Å². The zero-order chi connectivity index (χ0) is 20.1. The predicted molar refractivity (Wildman–Crippen MR) is 109 cm³/mol. The summed E-state index contributed by atoms with van der Waals surface area (Å²) in [5.74, 6) is -0.292. The molecule has 2 aromatic carbocycles. The highest BCUT2D eigenvalue weighted by Crippen LogP contribution is 2.28. The van der Waals surface area contributed by atoms with Crippen molar-refractivity contribution >= 4 is 11.8 Å². The Morgan fingerprint density at radius 3 is 2.46 bits per heavy atom. The Hall–Kier alpha value is -2.66. The number of benzene rings is 2. The molecule has 0 saturated heterocycles. The van der Waals surface area contributed by atoms with Crippen molar-refractivity contribution in [1.82, 2.24) is 10.2 Å². The highest BCUT2D eigenvalue weighted by molar-refractivity contribution is 6.01. The molecule has 3 rings (SSSR count). The molecule has 148 valence electrons. The molecular formula is C23H28N2O3. The van der Waals surface area contributed by atoms with E-state index in [4.69, 9.17) is 0 Å². The van der Waals surface area contributed by atoms with Crippen LogP contribution in [0.1, 0.15) is 41.8 Å². The Kier molecular flexibility index (Phi) is 6.47. The summed E-state index contributed by atoms with van der Waals surface area (Å²) in [6.07, 6.45) is 1.32.